The second-order valence-electron chi connectivity index (χ2n) is 9.01. The first-order valence-corrected chi connectivity index (χ1v) is 13.9. The second-order valence-corrected chi connectivity index (χ2v) is 11.0. The van der Waals surface area contributed by atoms with Crippen molar-refractivity contribution in [1.82, 2.24) is 14.8 Å². The molecule has 1 N–H and O–H groups in total. The average Bonchev–Trinajstić information content (AvgIpc) is 2.92. The van der Waals surface area contributed by atoms with Crippen LogP contribution in [0, 0.1) is 6.92 Å². The molecule has 0 spiro atoms. The Morgan fingerprint density at radius 1 is 1.03 bits per heavy atom. The van der Waals surface area contributed by atoms with E-state index in [1.54, 1.807) is 18.3 Å². The molecule has 1 saturated heterocycles. The largest absolute Gasteiger partial charge is 0.588 e. The van der Waals surface area contributed by atoms with Crippen LogP contribution in [-0.2, 0) is 17.9 Å². The minimum Gasteiger partial charge on any atom is -0.588 e. The highest BCUT2D eigenvalue weighted by molar-refractivity contribution is 7.93. The fourth-order valence-electron chi connectivity index (χ4n) is 4.50. The number of aromatic nitrogens is 1. The van der Waals surface area contributed by atoms with Crippen LogP contribution in [0.5, 0.6) is 0 Å². The monoisotopic (exact) mass is 552 g/mol. The highest BCUT2D eigenvalue weighted by Gasteiger charge is 2.24. The lowest BCUT2D eigenvalue weighted by Crippen LogP contribution is -2.48. The predicted molar refractivity (Wildman–Crippen MR) is 151 cm³/mol. The predicted octanol–water partition coefficient (Wildman–Crippen LogP) is 5.94. The number of pyridine rings is 1. The molecule has 1 aromatic heterocycles. The Balaban J connectivity index is 1.22. The lowest BCUT2D eigenvalue weighted by molar-refractivity contribution is 0.0628. The molecule has 0 bridgehead atoms. The molecule has 6 nitrogen and oxygen atoms in total. The number of carbonyl (C=O) groups excluding carboxylic acids is 1. The van der Waals surface area contributed by atoms with E-state index < -0.39 is 11.4 Å². The van der Waals surface area contributed by atoms with Gasteiger partial charge in [-0.2, -0.15) is 0 Å². The molecule has 4 aromatic rings. The number of nitrogens with one attached hydrogen (secondary N) is 1. The highest BCUT2D eigenvalue weighted by atomic mass is 35.5. The molecule has 1 aliphatic rings. The lowest BCUT2D eigenvalue weighted by Gasteiger charge is -2.35. The van der Waals surface area contributed by atoms with Crippen LogP contribution in [0.15, 0.2) is 77.8 Å². The summed E-state index contributed by atoms with van der Waals surface area (Å²) in [4.78, 5) is 22.4. The van der Waals surface area contributed by atoms with Gasteiger partial charge in [0.2, 0.25) is 4.90 Å². The van der Waals surface area contributed by atoms with Crippen molar-refractivity contribution >= 4 is 57.1 Å². The molecule has 1 fully saturated rings. The van der Waals surface area contributed by atoms with Crippen molar-refractivity contribution in [2.45, 2.75) is 18.4 Å². The minimum atomic E-state index is -1.50. The summed E-state index contributed by atoms with van der Waals surface area (Å²) in [7, 11) is 0. The van der Waals surface area contributed by atoms with Crippen molar-refractivity contribution < 1.29 is 9.35 Å². The Hall–Kier alpha value is -2.81. The maximum Gasteiger partial charge on any atom is 0.253 e. The van der Waals surface area contributed by atoms with Crippen molar-refractivity contribution in [3.05, 3.63) is 99.7 Å². The summed E-state index contributed by atoms with van der Waals surface area (Å²) in [5, 5.41) is 2.08. The zero-order valence-corrected chi connectivity index (χ0v) is 22.6. The molecular formula is C28H26Cl2N4O2S. The molecule has 37 heavy (non-hydrogen) atoms. The van der Waals surface area contributed by atoms with E-state index in [2.05, 4.69) is 14.6 Å². The van der Waals surface area contributed by atoms with E-state index in [9.17, 15) is 9.35 Å². The first-order valence-electron chi connectivity index (χ1n) is 12.0. The van der Waals surface area contributed by atoms with Gasteiger partial charge in [-0.05, 0) is 54.4 Å². The van der Waals surface area contributed by atoms with Crippen LogP contribution in [0.4, 0.5) is 5.69 Å². The van der Waals surface area contributed by atoms with Gasteiger partial charge in [0.25, 0.3) is 5.91 Å². The highest BCUT2D eigenvalue weighted by Crippen LogP contribution is 2.28. The van der Waals surface area contributed by atoms with Gasteiger partial charge >= 0.3 is 0 Å². The summed E-state index contributed by atoms with van der Waals surface area (Å²) < 4.78 is 16.2. The molecule has 0 aliphatic carbocycles. The molecule has 1 amide bonds. The van der Waals surface area contributed by atoms with Gasteiger partial charge in [0, 0.05) is 49.9 Å². The van der Waals surface area contributed by atoms with Crippen molar-refractivity contribution in [3.63, 3.8) is 0 Å². The van der Waals surface area contributed by atoms with Crippen molar-refractivity contribution in [2.75, 3.05) is 30.9 Å². The smallest absolute Gasteiger partial charge is 0.253 e. The Morgan fingerprint density at radius 3 is 2.57 bits per heavy atom. The molecule has 0 saturated carbocycles. The van der Waals surface area contributed by atoms with Gasteiger partial charge in [-0.1, -0.05) is 53.5 Å². The van der Waals surface area contributed by atoms with Crippen LogP contribution >= 0.6 is 23.2 Å². The number of aryl methyl sites for hydroxylation is 1. The van der Waals surface area contributed by atoms with Crippen molar-refractivity contribution in [3.8, 4) is 0 Å². The molecule has 1 unspecified atom stereocenters. The second kappa shape index (κ2) is 11.3. The molecule has 2 heterocycles. The molecule has 3 aromatic carbocycles. The molecule has 5 rings (SSSR count). The normalized spacial score (nSPS) is 15.1. The van der Waals surface area contributed by atoms with E-state index in [1.807, 2.05) is 66.4 Å². The Labute approximate surface area is 229 Å². The van der Waals surface area contributed by atoms with E-state index in [0.717, 1.165) is 29.6 Å². The number of fused-ring (bicyclic) bond motifs is 1. The fourth-order valence-corrected chi connectivity index (χ4v) is 5.96. The van der Waals surface area contributed by atoms with E-state index in [-0.39, 0.29) is 5.91 Å². The number of para-hydroxylation sites is 1. The molecular weight excluding hydrogens is 527 g/mol. The number of piperazine rings is 1. The van der Waals surface area contributed by atoms with Gasteiger partial charge in [-0.25, -0.2) is 4.72 Å². The zero-order valence-electron chi connectivity index (χ0n) is 20.3. The minimum absolute atomic E-state index is 0.00513. The van der Waals surface area contributed by atoms with Crippen LogP contribution in [0.1, 0.15) is 21.5 Å². The Bertz CT molecular complexity index is 1440. The van der Waals surface area contributed by atoms with E-state index in [4.69, 9.17) is 23.2 Å². The standard InChI is InChI=1S/C28H26Cl2N4O2S/c1-19-17-21(10-11-24(19)32-37(36)25-9-3-5-20-7-4-12-31-27(20)25)28(35)34-15-13-33(14-16-34)18-22-6-2-8-23(29)26(22)30/h2-12,17,32H,13-16,18H2,1H3. The van der Waals surface area contributed by atoms with Crippen LogP contribution in [0.3, 0.4) is 0 Å². The van der Waals surface area contributed by atoms with Crippen LogP contribution in [0.2, 0.25) is 10.0 Å². The number of hydrogen-bond acceptors (Lipinski definition) is 5. The average molecular weight is 554 g/mol. The molecule has 1 atom stereocenters. The topological polar surface area (TPSA) is 71.5 Å². The molecule has 1 aliphatic heterocycles. The third-order valence-corrected chi connectivity index (χ3v) is 8.55. The van der Waals surface area contributed by atoms with Gasteiger partial charge in [0.1, 0.15) is 16.9 Å². The SMILES string of the molecule is Cc1cc(C(=O)N2CCN(Cc3cccc(Cl)c3Cl)CC2)ccc1N[S+]([O-])c1cccc2cccnc12. The van der Waals surface area contributed by atoms with Crippen molar-refractivity contribution in [1.29, 1.82) is 0 Å². The molecule has 0 radical (unpaired) electrons. The van der Waals surface area contributed by atoms with Gasteiger partial charge < -0.3 is 9.45 Å². The third kappa shape index (κ3) is 5.71. The molecule has 190 valence electrons. The number of rotatable bonds is 6. The summed E-state index contributed by atoms with van der Waals surface area (Å²) in [6.07, 6.45) is 1.70. The van der Waals surface area contributed by atoms with Crippen molar-refractivity contribution in [2.24, 2.45) is 0 Å². The van der Waals surface area contributed by atoms with Crippen LogP contribution < -0.4 is 4.72 Å². The number of hydrogen-bond donors (Lipinski definition) is 1. The number of halogens is 2. The maximum atomic E-state index is 13.2. The first-order chi connectivity index (χ1) is 17.9. The van der Waals surface area contributed by atoms with Crippen LogP contribution in [0.25, 0.3) is 10.9 Å². The summed E-state index contributed by atoms with van der Waals surface area (Å²) >= 11 is 11.0. The summed E-state index contributed by atoms with van der Waals surface area (Å²) in [5.74, 6) is -0.00513. The van der Waals surface area contributed by atoms with Gasteiger partial charge in [0.15, 0.2) is 0 Å². The number of amides is 1. The first kappa shape index (κ1) is 25.8. The number of benzene rings is 3. The maximum absolute atomic E-state index is 13.2. The summed E-state index contributed by atoms with van der Waals surface area (Å²) in [5.41, 5.74) is 3.88. The quantitative estimate of drug-likeness (QED) is 0.299. The Morgan fingerprint density at radius 2 is 1.78 bits per heavy atom. The summed E-state index contributed by atoms with van der Waals surface area (Å²) in [6.45, 7) is 5.38. The van der Waals surface area contributed by atoms with Gasteiger partial charge in [0.05, 0.1) is 15.7 Å². The number of anilines is 1. The zero-order chi connectivity index (χ0) is 25.9. The molecule has 9 heteroatoms. The Kier molecular flexibility index (Phi) is 7.88. The van der Waals surface area contributed by atoms with E-state index in [1.165, 1.54) is 0 Å². The van der Waals surface area contributed by atoms with E-state index in [0.29, 0.717) is 51.3 Å². The van der Waals surface area contributed by atoms with Crippen LogP contribution in [-0.4, -0.2) is 51.4 Å². The summed E-state index contributed by atoms with van der Waals surface area (Å²) in [6, 6.07) is 20.5. The van der Waals surface area contributed by atoms with Gasteiger partial charge in [-0.15, -0.1) is 0 Å². The fraction of sp³-hybridized carbons (Fsp3) is 0.214. The number of carbonyl (C=O) groups is 1. The van der Waals surface area contributed by atoms with Gasteiger partial charge in [-0.3, -0.25) is 14.7 Å². The van der Waals surface area contributed by atoms with E-state index >= 15 is 0 Å². The third-order valence-electron chi connectivity index (χ3n) is 6.56. The number of nitrogens with zero attached hydrogens (tertiary/aromatic N) is 3. The lowest BCUT2D eigenvalue weighted by atomic mass is 10.1.